The fourth-order valence-corrected chi connectivity index (χ4v) is 2.06. The lowest BCUT2D eigenvalue weighted by Gasteiger charge is -2.14. The molecular weight excluding hydrogens is 208 g/mol. The minimum Gasteiger partial charge on any atom is -0.350 e. The molecule has 1 amide bonds. The molecule has 1 aliphatic heterocycles. The Kier molecular flexibility index (Phi) is 4.51. The van der Waals surface area contributed by atoms with E-state index in [4.69, 9.17) is 12.2 Å². The summed E-state index contributed by atoms with van der Waals surface area (Å²) in [6.07, 6.45) is 2.96. The van der Waals surface area contributed by atoms with Gasteiger partial charge in [-0.3, -0.25) is 9.69 Å². The minimum absolute atomic E-state index is 0.0886. The Morgan fingerprint density at radius 2 is 2.20 bits per heavy atom. The summed E-state index contributed by atoms with van der Waals surface area (Å²) in [6.45, 7) is 7.11. The van der Waals surface area contributed by atoms with Gasteiger partial charge in [-0.25, -0.2) is 0 Å². The third-order valence-corrected chi connectivity index (χ3v) is 2.89. The number of nitrogens with one attached hydrogen (secondary N) is 1. The summed E-state index contributed by atoms with van der Waals surface area (Å²) in [6, 6.07) is -0.0886. The lowest BCUT2D eigenvalue weighted by atomic mass is 10.0. The Morgan fingerprint density at radius 3 is 2.73 bits per heavy atom. The zero-order valence-corrected chi connectivity index (χ0v) is 10.6. The molecule has 0 spiro atoms. The standard InChI is InChI=1S/C11H20N2OS/c1-4-5-6-13-10(14)9(7-8(2)3)12-11(13)15/h8-9H,4-7H2,1-3H3,(H,12,15)/t9-/m0/s1. The largest absolute Gasteiger partial charge is 0.350 e. The summed E-state index contributed by atoms with van der Waals surface area (Å²) in [4.78, 5) is 13.6. The number of carbonyl (C=O) groups excluding carboxylic acids is 1. The van der Waals surface area contributed by atoms with Crippen LogP contribution in [-0.4, -0.2) is 28.5 Å². The van der Waals surface area contributed by atoms with E-state index in [9.17, 15) is 4.79 Å². The second-order valence-corrected chi connectivity index (χ2v) is 4.86. The van der Waals surface area contributed by atoms with Gasteiger partial charge in [0.25, 0.3) is 5.91 Å². The Morgan fingerprint density at radius 1 is 1.53 bits per heavy atom. The molecular formula is C11H20N2OS. The van der Waals surface area contributed by atoms with Crippen LogP contribution in [0.1, 0.15) is 40.0 Å². The summed E-state index contributed by atoms with van der Waals surface area (Å²) in [5.74, 6) is 0.669. The molecule has 1 saturated heterocycles. The van der Waals surface area contributed by atoms with Crippen LogP contribution in [0, 0.1) is 5.92 Å². The quantitative estimate of drug-likeness (QED) is 0.730. The van der Waals surface area contributed by atoms with Crippen molar-refractivity contribution in [1.29, 1.82) is 0 Å². The van der Waals surface area contributed by atoms with Gasteiger partial charge in [-0.1, -0.05) is 27.2 Å². The normalized spacial score (nSPS) is 21.3. The van der Waals surface area contributed by atoms with Crippen molar-refractivity contribution in [3.05, 3.63) is 0 Å². The third kappa shape index (κ3) is 3.16. The highest BCUT2D eigenvalue weighted by Crippen LogP contribution is 2.14. The molecule has 0 aromatic rings. The van der Waals surface area contributed by atoms with Gasteiger partial charge in [-0.15, -0.1) is 0 Å². The zero-order chi connectivity index (χ0) is 11.4. The van der Waals surface area contributed by atoms with Crippen LogP contribution in [-0.2, 0) is 4.79 Å². The highest BCUT2D eigenvalue weighted by atomic mass is 32.1. The highest BCUT2D eigenvalue weighted by Gasteiger charge is 2.34. The maximum atomic E-state index is 11.9. The Bertz CT molecular complexity index is 253. The van der Waals surface area contributed by atoms with Crippen LogP contribution in [0.25, 0.3) is 0 Å². The van der Waals surface area contributed by atoms with Gasteiger partial charge >= 0.3 is 0 Å². The first-order valence-corrected chi connectivity index (χ1v) is 6.09. The van der Waals surface area contributed by atoms with Crippen LogP contribution in [0.15, 0.2) is 0 Å². The van der Waals surface area contributed by atoms with Crippen LogP contribution in [0.4, 0.5) is 0 Å². The molecule has 0 radical (unpaired) electrons. The molecule has 1 atom stereocenters. The van der Waals surface area contributed by atoms with Crippen LogP contribution in [0.2, 0.25) is 0 Å². The minimum atomic E-state index is -0.0886. The summed E-state index contributed by atoms with van der Waals surface area (Å²) < 4.78 is 0. The van der Waals surface area contributed by atoms with Crippen LogP contribution in [0.3, 0.4) is 0 Å². The van der Waals surface area contributed by atoms with E-state index < -0.39 is 0 Å². The van der Waals surface area contributed by atoms with E-state index in [-0.39, 0.29) is 11.9 Å². The van der Waals surface area contributed by atoms with Gasteiger partial charge in [0, 0.05) is 6.54 Å². The van der Waals surface area contributed by atoms with Crippen LogP contribution < -0.4 is 5.32 Å². The van der Waals surface area contributed by atoms with E-state index in [1.54, 1.807) is 4.90 Å². The van der Waals surface area contributed by atoms with Crippen molar-refractivity contribution in [1.82, 2.24) is 10.2 Å². The van der Waals surface area contributed by atoms with Crippen molar-refractivity contribution in [2.75, 3.05) is 6.54 Å². The first-order chi connectivity index (χ1) is 7.06. The Hall–Kier alpha value is -0.640. The van der Waals surface area contributed by atoms with Gasteiger partial charge in [-0.2, -0.15) is 0 Å². The Labute approximate surface area is 97.2 Å². The van der Waals surface area contributed by atoms with Crippen molar-refractivity contribution in [3.63, 3.8) is 0 Å². The number of hydrogen-bond donors (Lipinski definition) is 1. The first-order valence-electron chi connectivity index (χ1n) is 5.68. The molecule has 0 aromatic heterocycles. The van der Waals surface area contributed by atoms with E-state index in [2.05, 4.69) is 26.1 Å². The Balaban J connectivity index is 2.54. The van der Waals surface area contributed by atoms with Gasteiger partial charge in [0.05, 0.1) is 0 Å². The summed E-state index contributed by atoms with van der Waals surface area (Å²) in [7, 11) is 0. The van der Waals surface area contributed by atoms with Gasteiger partial charge in [0.15, 0.2) is 5.11 Å². The predicted octanol–water partition coefficient (Wildman–Crippen LogP) is 1.92. The lowest BCUT2D eigenvalue weighted by Crippen LogP contribution is -2.32. The molecule has 1 heterocycles. The second-order valence-electron chi connectivity index (χ2n) is 4.48. The average molecular weight is 228 g/mol. The molecule has 86 valence electrons. The molecule has 0 unspecified atom stereocenters. The number of unbranched alkanes of at least 4 members (excludes halogenated alkanes) is 1. The average Bonchev–Trinajstić information content (AvgIpc) is 2.39. The summed E-state index contributed by atoms with van der Waals surface area (Å²) in [5, 5.41) is 3.71. The smallest absolute Gasteiger partial charge is 0.251 e. The first kappa shape index (κ1) is 12.4. The number of amides is 1. The maximum Gasteiger partial charge on any atom is 0.251 e. The lowest BCUT2D eigenvalue weighted by molar-refractivity contribution is -0.127. The van der Waals surface area contributed by atoms with E-state index in [1.165, 1.54) is 0 Å². The van der Waals surface area contributed by atoms with Crippen molar-refractivity contribution >= 4 is 23.2 Å². The third-order valence-electron chi connectivity index (χ3n) is 2.55. The predicted molar refractivity (Wildman–Crippen MR) is 65.6 cm³/mol. The molecule has 1 N–H and O–H groups in total. The van der Waals surface area contributed by atoms with E-state index in [1.807, 2.05) is 0 Å². The number of nitrogens with zero attached hydrogens (tertiary/aromatic N) is 1. The van der Waals surface area contributed by atoms with E-state index >= 15 is 0 Å². The molecule has 0 aromatic carbocycles. The zero-order valence-electron chi connectivity index (χ0n) is 9.75. The van der Waals surface area contributed by atoms with Gasteiger partial charge < -0.3 is 5.32 Å². The molecule has 1 aliphatic rings. The molecule has 4 heteroatoms. The number of carbonyl (C=O) groups is 1. The number of rotatable bonds is 5. The highest BCUT2D eigenvalue weighted by molar-refractivity contribution is 7.80. The monoisotopic (exact) mass is 228 g/mol. The fourth-order valence-electron chi connectivity index (χ4n) is 1.74. The number of thiocarbonyl (C=S) groups is 1. The molecule has 1 fully saturated rings. The SMILES string of the molecule is CCCCN1C(=O)[C@H](CC(C)C)NC1=S. The van der Waals surface area contributed by atoms with Gasteiger partial charge in [0.2, 0.25) is 0 Å². The van der Waals surface area contributed by atoms with Gasteiger partial charge in [-0.05, 0) is 31.0 Å². The van der Waals surface area contributed by atoms with Crippen molar-refractivity contribution in [2.45, 2.75) is 46.1 Å². The van der Waals surface area contributed by atoms with Crippen LogP contribution in [0.5, 0.6) is 0 Å². The van der Waals surface area contributed by atoms with E-state index in [0.717, 1.165) is 25.8 Å². The van der Waals surface area contributed by atoms with Crippen molar-refractivity contribution < 1.29 is 4.79 Å². The molecule has 1 rings (SSSR count). The molecule has 15 heavy (non-hydrogen) atoms. The second kappa shape index (κ2) is 5.45. The van der Waals surface area contributed by atoms with Crippen molar-refractivity contribution in [2.24, 2.45) is 5.92 Å². The van der Waals surface area contributed by atoms with Crippen molar-refractivity contribution in [3.8, 4) is 0 Å². The molecule has 0 aliphatic carbocycles. The maximum absolute atomic E-state index is 11.9. The van der Waals surface area contributed by atoms with E-state index in [0.29, 0.717) is 11.0 Å². The molecule has 0 saturated carbocycles. The van der Waals surface area contributed by atoms with Crippen LogP contribution >= 0.6 is 12.2 Å². The topological polar surface area (TPSA) is 32.3 Å². The molecule has 0 bridgehead atoms. The van der Waals surface area contributed by atoms with Gasteiger partial charge in [0.1, 0.15) is 6.04 Å². The summed E-state index contributed by atoms with van der Waals surface area (Å²) >= 11 is 5.15. The number of hydrogen-bond acceptors (Lipinski definition) is 2. The fraction of sp³-hybridized carbons (Fsp3) is 0.818. The molecule has 3 nitrogen and oxygen atoms in total. The summed E-state index contributed by atoms with van der Waals surface area (Å²) in [5.41, 5.74) is 0.